The molecule has 0 radical (unpaired) electrons. The smallest absolute Gasteiger partial charge is 0.278 e. The molecule has 0 amide bonds. The van der Waals surface area contributed by atoms with Crippen molar-refractivity contribution in [3.63, 3.8) is 0 Å². The van der Waals surface area contributed by atoms with Crippen LogP contribution in [0.25, 0.3) is 27.8 Å². The number of rotatable bonds is 12. The van der Waals surface area contributed by atoms with Gasteiger partial charge in [0.2, 0.25) is 5.95 Å². The first-order valence-corrected chi connectivity index (χ1v) is 14.4. The molecule has 0 spiro atoms. The summed E-state index contributed by atoms with van der Waals surface area (Å²) in [6.45, 7) is 10.9. The molecule has 0 unspecified atom stereocenters. The molecule has 0 fully saturated rings. The van der Waals surface area contributed by atoms with Gasteiger partial charge in [-0.15, -0.1) is 0 Å². The molecule has 0 saturated carbocycles. The van der Waals surface area contributed by atoms with E-state index in [9.17, 15) is 4.79 Å². The van der Waals surface area contributed by atoms with Gasteiger partial charge < -0.3 is 19.5 Å². The number of nitrogens with one attached hydrogen (secondary N) is 1. The molecule has 5 rings (SSSR count). The Morgan fingerprint density at radius 2 is 1.95 bits per heavy atom. The van der Waals surface area contributed by atoms with Gasteiger partial charge in [0, 0.05) is 48.7 Å². The quantitative estimate of drug-likeness (QED) is 0.199. The normalized spacial score (nSPS) is 12.4. The van der Waals surface area contributed by atoms with E-state index in [2.05, 4.69) is 65.2 Å². The van der Waals surface area contributed by atoms with Crippen LogP contribution >= 0.6 is 0 Å². The zero-order valence-corrected chi connectivity index (χ0v) is 25.3. The van der Waals surface area contributed by atoms with E-state index >= 15 is 0 Å². The van der Waals surface area contributed by atoms with Gasteiger partial charge >= 0.3 is 0 Å². The molecule has 4 aromatic heterocycles. The summed E-state index contributed by atoms with van der Waals surface area (Å²) < 4.78 is 11.8. The summed E-state index contributed by atoms with van der Waals surface area (Å²) in [4.78, 5) is 30.0. The Labute approximate surface area is 246 Å². The number of pyridine rings is 1. The summed E-state index contributed by atoms with van der Waals surface area (Å²) in [5, 5.41) is 4.89. The Kier molecular flexibility index (Phi) is 8.56. The highest BCUT2D eigenvalue weighted by atomic mass is 16.5. The topological polar surface area (TPSA) is 95.0 Å². The Morgan fingerprint density at radius 1 is 1.12 bits per heavy atom. The molecule has 0 aliphatic heterocycles. The van der Waals surface area contributed by atoms with Gasteiger partial charge in [-0.2, -0.15) is 4.98 Å². The zero-order valence-electron chi connectivity index (χ0n) is 25.3. The second-order valence-electron chi connectivity index (χ2n) is 11.1. The number of aromatic nitrogens is 6. The number of fused-ring (bicyclic) bond motifs is 2. The standard InChI is InChI=1S/C32H40N8O2/c1-7-9-16-39-30(41)25-22-33-31(34-24-13-14-26-23(21-24)15-17-38(26)19-18-37(5)6)36-29(25)40(39)28-12-10-11-27(35-28)32(3,4)42-20-8-2/h7,9-15,17,21-22H,8,16,18-20H2,1-6H3,(H,33,34,36)/b9-7+. The molecule has 42 heavy (non-hydrogen) atoms. The highest BCUT2D eigenvalue weighted by Crippen LogP contribution is 2.26. The average molecular weight is 569 g/mol. The third-order valence-corrected chi connectivity index (χ3v) is 7.24. The summed E-state index contributed by atoms with van der Waals surface area (Å²) in [5.41, 5.74) is 2.53. The number of nitrogens with zero attached hydrogens (tertiary/aromatic N) is 7. The predicted molar refractivity (Wildman–Crippen MR) is 169 cm³/mol. The molecule has 0 aliphatic rings. The Hall–Kier alpha value is -4.28. The first-order chi connectivity index (χ1) is 20.2. The first-order valence-electron chi connectivity index (χ1n) is 14.4. The fourth-order valence-corrected chi connectivity index (χ4v) is 4.91. The molecular weight excluding hydrogens is 528 g/mol. The van der Waals surface area contributed by atoms with E-state index in [-0.39, 0.29) is 5.56 Å². The molecule has 5 aromatic rings. The average Bonchev–Trinajstić information content (AvgIpc) is 3.51. The van der Waals surface area contributed by atoms with Gasteiger partial charge in [-0.3, -0.25) is 4.79 Å². The van der Waals surface area contributed by atoms with Crippen LogP contribution in [0.5, 0.6) is 0 Å². The van der Waals surface area contributed by atoms with Crippen molar-refractivity contribution < 1.29 is 4.74 Å². The molecule has 1 N–H and O–H groups in total. The minimum atomic E-state index is -0.588. The molecular formula is C32H40N8O2. The van der Waals surface area contributed by atoms with Crippen molar-refractivity contribution in [1.82, 2.24) is 33.8 Å². The highest BCUT2D eigenvalue weighted by Gasteiger charge is 2.25. The van der Waals surface area contributed by atoms with Gasteiger partial charge in [0.25, 0.3) is 5.56 Å². The van der Waals surface area contributed by atoms with E-state index < -0.39 is 5.60 Å². The number of anilines is 2. The molecule has 220 valence electrons. The summed E-state index contributed by atoms with van der Waals surface area (Å²) in [5.74, 6) is 0.982. The van der Waals surface area contributed by atoms with E-state index in [0.717, 1.165) is 36.3 Å². The highest BCUT2D eigenvalue weighted by molar-refractivity contribution is 5.85. The van der Waals surface area contributed by atoms with Crippen molar-refractivity contribution in [1.29, 1.82) is 0 Å². The van der Waals surface area contributed by atoms with Gasteiger partial charge in [-0.25, -0.2) is 19.3 Å². The molecule has 0 saturated heterocycles. The lowest BCUT2D eigenvalue weighted by molar-refractivity contribution is -0.0244. The van der Waals surface area contributed by atoms with Crippen LogP contribution in [0.4, 0.5) is 11.6 Å². The van der Waals surface area contributed by atoms with E-state index in [1.165, 1.54) is 5.52 Å². The van der Waals surface area contributed by atoms with Crippen molar-refractivity contribution in [3.8, 4) is 5.82 Å². The molecule has 4 heterocycles. The first kappa shape index (κ1) is 29.2. The minimum absolute atomic E-state index is 0.177. The number of ether oxygens (including phenoxy) is 1. The number of allylic oxidation sites excluding steroid dienone is 2. The Balaban J connectivity index is 1.54. The van der Waals surface area contributed by atoms with E-state index in [1.54, 1.807) is 15.6 Å². The summed E-state index contributed by atoms with van der Waals surface area (Å²) in [6, 6.07) is 14.1. The maximum atomic E-state index is 13.5. The maximum Gasteiger partial charge on any atom is 0.278 e. The van der Waals surface area contributed by atoms with E-state index in [1.807, 2.05) is 57.2 Å². The fourth-order valence-electron chi connectivity index (χ4n) is 4.91. The predicted octanol–water partition coefficient (Wildman–Crippen LogP) is 5.47. The lowest BCUT2D eigenvalue weighted by atomic mass is 10.0. The van der Waals surface area contributed by atoms with Crippen LogP contribution in [0.3, 0.4) is 0 Å². The van der Waals surface area contributed by atoms with Crippen LogP contribution in [0.15, 0.2) is 71.8 Å². The van der Waals surface area contributed by atoms with Gasteiger partial charge in [-0.05, 0) is 77.7 Å². The fraction of sp³-hybridized carbons (Fsp3) is 0.375. The Morgan fingerprint density at radius 3 is 2.71 bits per heavy atom. The van der Waals surface area contributed by atoms with Crippen molar-refractivity contribution >= 4 is 33.6 Å². The number of hydrogen-bond acceptors (Lipinski definition) is 7. The zero-order chi connectivity index (χ0) is 29.9. The third-order valence-electron chi connectivity index (χ3n) is 7.24. The van der Waals surface area contributed by atoms with Crippen LogP contribution < -0.4 is 10.9 Å². The number of likely N-dealkylation sites (N-methyl/N-ethyl adjacent to an activating group) is 1. The largest absolute Gasteiger partial charge is 0.369 e. The van der Waals surface area contributed by atoms with E-state index in [0.29, 0.717) is 36.0 Å². The van der Waals surface area contributed by atoms with Gasteiger partial charge in [0.15, 0.2) is 11.5 Å². The van der Waals surface area contributed by atoms with Crippen LogP contribution in [0, 0.1) is 0 Å². The minimum Gasteiger partial charge on any atom is -0.369 e. The van der Waals surface area contributed by atoms with Crippen LogP contribution in [-0.2, 0) is 23.4 Å². The Bertz CT molecular complexity index is 1780. The van der Waals surface area contributed by atoms with E-state index in [4.69, 9.17) is 14.7 Å². The van der Waals surface area contributed by atoms with Crippen molar-refractivity contribution in [2.75, 3.05) is 32.6 Å². The van der Waals surface area contributed by atoms with Gasteiger partial charge in [-0.1, -0.05) is 25.1 Å². The van der Waals surface area contributed by atoms with Crippen molar-refractivity contribution in [2.45, 2.75) is 52.8 Å². The van der Waals surface area contributed by atoms with Crippen LogP contribution in [-0.4, -0.2) is 61.0 Å². The van der Waals surface area contributed by atoms with Crippen LogP contribution in [0.2, 0.25) is 0 Å². The number of hydrogen-bond donors (Lipinski definition) is 1. The molecule has 0 aliphatic carbocycles. The van der Waals surface area contributed by atoms with Crippen molar-refractivity contribution in [2.24, 2.45) is 0 Å². The second-order valence-corrected chi connectivity index (χ2v) is 11.1. The molecule has 10 heteroatoms. The molecule has 0 bridgehead atoms. The second kappa shape index (κ2) is 12.3. The van der Waals surface area contributed by atoms with Crippen LogP contribution in [0.1, 0.15) is 39.8 Å². The monoisotopic (exact) mass is 568 g/mol. The summed E-state index contributed by atoms with van der Waals surface area (Å²) in [7, 11) is 4.16. The third kappa shape index (κ3) is 6.00. The summed E-state index contributed by atoms with van der Waals surface area (Å²) >= 11 is 0. The maximum absolute atomic E-state index is 13.5. The van der Waals surface area contributed by atoms with Crippen molar-refractivity contribution in [3.05, 3.63) is 83.1 Å². The molecule has 0 atom stereocenters. The van der Waals surface area contributed by atoms with Gasteiger partial charge in [0.05, 0.1) is 12.2 Å². The molecule has 10 nitrogen and oxygen atoms in total. The lowest BCUT2D eigenvalue weighted by Gasteiger charge is -2.25. The number of benzene rings is 1. The summed E-state index contributed by atoms with van der Waals surface area (Å²) in [6.07, 6.45) is 8.46. The lowest BCUT2D eigenvalue weighted by Crippen LogP contribution is -2.26. The SMILES string of the molecule is C/C=C/Cn1c(=O)c2cnc(Nc3ccc4c(ccn4CCN(C)C)c3)nc2n1-c1cccc(C(C)(C)OCCC)n1. The van der Waals surface area contributed by atoms with Gasteiger partial charge in [0.1, 0.15) is 11.0 Å². The molecule has 1 aromatic carbocycles.